The van der Waals surface area contributed by atoms with Crippen LogP contribution in [0.1, 0.15) is 23.2 Å². The monoisotopic (exact) mass is 356 g/mol. The second kappa shape index (κ2) is 9.51. The van der Waals surface area contributed by atoms with Gasteiger partial charge < -0.3 is 18.9 Å². The maximum atomic E-state index is 12.5. The first-order valence-corrected chi connectivity index (χ1v) is 8.25. The summed E-state index contributed by atoms with van der Waals surface area (Å²) in [5.74, 6) is 2.20. The van der Waals surface area contributed by atoms with Crippen molar-refractivity contribution in [3.05, 3.63) is 65.5 Å². The van der Waals surface area contributed by atoms with Crippen LogP contribution in [0.15, 0.2) is 59.9 Å². The molecule has 0 amide bonds. The predicted octanol–water partition coefficient (Wildman–Crippen LogP) is 4.26. The highest BCUT2D eigenvalue weighted by molar-refractivity contribution is 5.98. The highest BCUT2D eigenvalue weighted by atomic mass is 16.5. The number of ketones is 1. The highest BCUT2D eigenvalue weighted by Gasteiger charge is 2.16. The van der Waals surface area contributed by atoms with Crippen LogP contribution in [0.5, 0.6) is 17.2 Å². The SMILES string of the molecule is COC1=CCC=C(C=CCC(=O)c2cc(OC)c(OC)c(OC)c2)C=C1. The molecule has 2 rings (SSSR count). The summed E-state index contributed by atoms with van der Waals surface area (Å²) in [4.78, 5) is 12.5. The fraction of sp³-hybridized carbons (Fsp3) is 0.286. The maximum absolute atomic E-state index is 12.5. The Labute approximate surface area is 154 Å². The van der Waals surface area contributed by atoms with Gasteiger partial charge in [0.05, 0.1) is 28.4 Å². The molecule has 0 heterocycles. The zero-order chi connectivity index (χ0) is 18.9. The van der Waals surface area contributed by atoms with Crippen LogP contribution in [0.4, 0.5) is 0 Å². The third-order valence-electron chi connectivity index (χ3n) is 3.95. The van der Waals surface area contributed by atoms with Gasteiger partial charge in [0.2, 0.25) is 5.75 Å². The van der Waals surface area contributed by atoms with Crippen molar-refractivity contribution in [1.82, 2.24) is 0 Å². The summed E-state index contributed by atoms with van der Waals surface area (Å²) in [5, 5.41) is 0. The Kier molecular flexibility index (Phi) is 7.09. The number of benzene rings is 1. The van der Waals surface area contributed by atoms with E-state index in [1.54, 1.807) is 19.2 Å². The van der Waals surface area contributed by atoms with Crippen molar-refractivity contribution in [3.63, 3.8) is 0 Å². The minimum absolute atomic E-state index is 0.0330. The zero-order valence-corrected chi connectivity index (χ0v) is 15.6. The van der Waals surface area contributed by atoms with Crippen LogP contribution in [0.2, 0.25) is 0 Å². The van der Waals surface area contributed by atoms with E-state index >= 15 is 0 Å². The molecule has 1 aliphatic rings. The number of hydrogen-bond donors (Lipinski definition) is 0. The Morgan fingerprint density at radius 2 is 1.65 bits per heavy atom. The number of ether oxygens (including phenoxy) is 4. The van der Waals surface area contributed by atoms with E-state index in [9.17, 15) is 4.79 Å². The van der Waals surface area contributed by atoms with E-state index in [0.717, 1.165) is 17.8 Å². The molecule has 0 atom stereocenters. The van der Waals surface area contributed by atoms with Crippen molar-refractivity contribution in [2.75, 3.05) is 28.4 Å². The van der Waals surface area contributed by atoms with E-state index in [4.69, 9.17) is 18.9 Å². The number of carbonyl (C=O) groups excluding carboxylic acids is 1. The molecule has 0 saturated heterocycles. The third-order valence-corrected chi connectivity index (χ3v) is 3.95. The van der Waals surface area contributed by atoms with Crippen LogP contribution >= 0.6 is 0 Å². The van der Waals surface area contributed by atoms with Gasteiger partial charge in [0.1, 0.15) is 5.76 Å². The Morgan fingerprint density at radius 3 is 2.23 bits per heavy atom. The summed E-state index contributed by atoms with van der Waals surface area (Å²) in [5.41, 5.74) is 1.55. The Hall–Kier alpha value is -2.95. The average Bonchev–Trinajstić information content (AvgIpc) is 2.91. The standard InChI is InChI=1S/C21H24O5/c1-23-17-9-5-7-15(11-12-17)8-6-10-18(22)16-13-19(24-2)21(26-4)20(14-16)25-3/h6-9,11-14H,5,10H2,1-4H3. The van der Waals surface area contributed by atoms with Crippen LogP contribution < -0.4 is 14.2 Å². The van der Waals surface area contributed by atoms with Crippen molar-refractivity contribution in [3.8, 4) is 17.2 Å². The van der Waals surface area contributed by atoms with E-state index in [0.29, 0.717) is 22.8 Å². The summed E-state index contributed by atoms with van der Waals surface area (Å²) in [6.07, 6.45) is 12.8. The van der Waals surface area contributed by atoms with Gasteiger partial charge in [0.25, 0.3) is 0 Å². The lowest BCUT2D eigenvalue weighted by atomic mass is 10.1. The molecule has 0 saturated carbocycles. The number of carbonyl (C=O) groups is 1. The molecule has 138 valence electrons. The van der Waals surface area contributed by atoms with Gasteiger partial charge in [0.15, 0.2) is 17.3 Å². The number of rotatable bonds is 8. The van der Waals surface area contributed by atoms with Gasteiger partial charge in [-0.1, -0.05) is 24.3 Å². The van der Waals surface area contributed by atoms with Gasteiger partial charge in [0, 0.05) is 12.0 Å². The third kappa shape index (κ3) is 4.79. The van der Waals surface area contributed by atoms with Crippen LogP contribution in [-0.4, -0.2) is 34.2 Å². The summed E-state index contributed by atoms with van der Waals surface area (Å²) >= 11 is 0. The number of allylic oxidation sites excluding steroid dienone is 7. The van der Waals surface area contributed by atoms with E-state index in [1.807, 2.05) is 30.4 Å². The molecule has 0 radical (unpaired) electrons. The minimum atomic E-state index is -0.0330. The first-order valence-electron chi connectivity index (χ1n) is 8.25. The lowest BCUT2D eigenvalue weighted by molar-refractivity contribution is 0.0995. The van der Waals surface area contributed by atoms with Crippen LogP contribution in [-0.2, 0) is 4.74 Å². The van der Waals surface area contributed by atoms with E-state index < -0.39 is 0 Å². The summed E-state index contributed by atoms with van der Waals surface area (Å²) in [6.45, 7) is 0. The van der Waals surface area contributed by atoms with Crippen LogP contribution in [0.25, 0.3) is 0 Å². The van der Waals surface area contributed by atoms with Crippen molar-refractivity contribution < 1.29 is 23.7 Å². The zero-order valence-electron chi connectivity index (χ0n) is 15.6. The molecule has 0 fully saturated rings. The Bertz CT molecular complexity index is 744. The summed E-state index contributed by atoms with van der Waals surface area (Å²) in [6, 6.07) is 3.33. The Morgan fingerprint density at radius 1 is 0.962 bits per heavy atom. The average molecular weight is 356 g/mol. The molecule has 0 aliphatic heterocycles. The Balaban J connectivity index is 2.10. The number of Topliss-reactive ketones (excluding diaryl/α,β-unsaturated/α-hetero) is 1. The molecular weight excluding hydrogens is 332 g/mol. The van der Waals surface area contributed by atoms with Crippen molar-refractivity contribution in [2.24, 2.45) is 0 Å². The minimum Gasteiger partial charge on any atom is -0.497 e. The van der Waals surface area contributed by atoms with Gasteiger partial charge in [-0.05, 0) is 36.3 Å². The summed E-state index contributed by atoms with van der Waals surface area (Å²) in [7, 11) is 6.23. The molecule has 0 aromatic heterocycles. The topological polar surface area (TPSA) is 54.0 Å². The summed E-state index contributed by atoms with van der Waals surface area (Å²) < 4.78 is 21.1. The van der Waals surface area contributed by atoms with Gasteiger partial charge in [-0.15, -0.1) is 0 Å². The molecule has 0 unspecified atom stereocenters. The molecular formula is C21H24O5. The van der Waals surface area contributed by atoms with Gasteiger partial charge >= 0.3 is 0 Å². The van der Waals surface area contributed by atoms with Gasteiger partial charge in [-0.25, -0.2) is 0 Å². The predicted molar refractivity (Wildman–Crippen MR) is 101 cm³/mol. The quantitative estimate of drug-likeness (QED) is 0.652. The molecule has 5 heteroatoms. The normalized spacial score (nSPS) is 13.7. The molecule has 0 bridgehead atoms. The fourth-order valence-corrected chi connectivity index (χ4v) is 2.56. The van der Waals surface area contributed by atoms with Crippen LogP contribution in [0, 0.1) is 0 Å². The van der Waals surface area contributed by atoms with Crippen molar-refractivity contribution >= 4 is 5.78 Å². The smallest absolute Gasteiger partial charge is 0.203 e. The van der Waals surface area contributed by atoms with Crippen LogP contribution in [0.3, 0.4) is 0 Å². The molecule has 5 nitrogen and oxygen atoms in total. The molecule has 0 N–H and O–H groups in total. The molecule has 0 spiro atoms. The number of hydrogen-bond acceptors (Lipinski definition) is 5. The molecule has 1 aromatic carbocycles. The highest BCUT2D eigenvalue weighted by Crippen LogP contribution is 2.38. The van der Waals surface area contributed by atoms with Gasteiger partial charge in [-0.2, -0.15) is 0 Å². The first-order chi connectivity index (χ1) is 12.6. The first kappa shape index (κ1) is 19.4. The second-order valence-corrected chi connectivity index (χ2v) is 5.53. The molecule has 1 aromatic rings. The number of methoxy groups -OCH3 is 4. The molecule has 26 heavy (non-hydrogen) atoms. The van der Waals surface area contributed by atoms with E-state index in [2.05, 4.69) is 6.08 Å². The van der Waals surface area contributed by atoms with Crippen molar-refractivity contribution in [2.45, 2.75) is 12.8 Å². The maximum Gasteiger partial charge on any atom is 0.203 e. The van der Waals surface area contributed by atoms with Crippen molar-refractivity contribution in [1.29, 1.82) is 0 Å². The largest absolute Gasteiger partial charge is 0.497 e. The lowest BCUT2D eigenvalue weighted by Crippen LogP contribution is -2.01. The second-order valence-electron chi connectivity index (χ2n) is 5.53. The lowest BCUT2D eigenvalue weighted by Gasteiger charge is -2.13. The molecule has 1 aliphatic carbocycles. The van der Waals surface area contributed by atoms with E-state index in [-0.39, 0.29) is 12.2 Å². The fourth-order valence-electron chi connectivity index (χ4n) is 2.56. The van der Waals surface area contributed by atoms with Gasteiger partial charge in [-0.3, -0.25) is 4.79 Å². The van der Waals surface area contributed by atoms with E-state index in [1.165, 1.54) is 21.3 Å².